The molecule has 0 bridgehead atoms. The first-order chi connectivity index (χ1) is 6.81. The van der Waals surface area contributed by atoms with Gasteiger partial charge in [-0.1, -0.05) is 24.3 Å². The molecule has 0 aromatic carbocycles. The summed E-state index contributed by atoms with van der Waals surface area (Å²) in [5.74, 6) is 0.321. The number of carbonyl (C=O) groups is 1. The van der Waals surface area contributed by atoms with Crippen LogP contribution < -0.4 is 10.6 Å². The summed E-state index contributed by atoms with van der Waals surface area (Å²) in [6, 6.07) is 0.262. The lowest BCUT2D eigenvalue weighted by molar-refractivity contribution is -0.117. The average Bonchev–Trinajstić information content (AvgIpc) is 2.61. The highest BCUT2D eigenvalue weighted by molar-refractivity contribution is 5.93. The van der Waals surface area contributed by atoms with Crippen molar-refractivity contribution in [3.63, 3.8) is 0 Å². The summed E-state index contributed by atoms with van der Waals surface area (Å²) in [6.45, 7) is 2.58. The molecular weight excluding hydrogens is 176 g/mol. The Bertz CT molecular complexity index is 328. The van der Waals surface area contributed by atoms with Crippen LogP contribution in [0.25, 0.3) is 0 Å². The van der Waals surface area contributed by atoms with Crippen LogP contribution in [0.3, 0.4) is 0 Å². The summed E-state index contributed by atoms with van der Waals surface area (Å²) in [6.07, 6.45) is 10.2. The number of amides is 1. The van der Waals surface area contributed by atoms with Gasteiger partial charge in [0.25, 0.3) is 5.91 Å². The highest BCUT2D eigenvalue weighted by Crippen LogP contribution is 2.22. The van der Waals surface area contributed by atoms with E-state index in [0.717, 1.165) is 0 Å². The maximum Gasteiger partial charge on any atom is 0.267 e. The van der Waals surface area contributed by atoms with Gasteiger partial charge in [0, 0.05) is 12.5 Å². The van der Waals surface area contributed by atoms with E-state index in [2.05, 4.69) is 22.8 Å². The number of allylic oxidation sites excluding steroid dienone is 2. The molecule has 1 aliphatic heterocycles. The highest BCUT2D eigenvalue weighted by atomic mass is 16.2. The summed E-state index contributed by atoms with van der Waals surface area (Å²) < 4.78 is 0. The van der Waals surface area contributed by atoms with E-state index in [-0.39, 0.29) is 11.9 Å². The van der Waals surface area contributed by atoms with E-state index in [1.54, 1.807) is 0 Å². The Morgan fingerprint density at radius 1 is 1.50 bits per heavy atom. The Morgan fingerprint density at radius 2 is 2.29 bits per heavy atom. The van der Waals surface area contributed by atoms with Crippen LogP contribution in [-0.4, -0.2) is 18.5 Å². The van der Waals surface area contributed by atoms with E-state index in [0.29, 0.717) is 18.2 Å². The number of nitrogens with one attached hydrogen (secondary N) is 2. The molecule has 2 aliphatic rings. The number of hydrogen-bond donors (Lipinski definition) is 2. The fourth-order valence-corrected chi connectivity index (χ4v) is 1.75. The lowest BCUT2D eigenvalue weighted by Gasteiger charge is -2.15. The Hall–Kier alpha value is -1.51. The summed E-state index contributed by atoms with van der Waals surface area (Å²) >= 11 is 0. The Kier molecular flexibility index (Phi) is 2.39. The van der Waals surface area contributed by atoms with Crippen LogP contribution in [0.5, 0.6) is 0 Å². The van der Waals surface area contributed by atoms with Crippen LogP contribution in [0.1, 0.15) is 6.92 Å². The molecule has 1 aliphatic carbocycles. The van der Waals surface area contributed by atoms with Crippen molar-refractivity contribution in [1.29, 1.82) is 0 Å². The maximum atomic E-state index is 11.5. The normalized spacial score (nSPS) is 27.9. The first-order valence-electron chi connectivity index (χ1n) is 4.93. The van der Waals surface area contributed by atoms with Gasteiger partial charge in [-0.3, -0.25) is 4.79 Å². The van der Waals surface area contributed by atoms with E-state index >= 15 is 0 Å². The lowest BCUT2D eigenvalue weighted by atomic mass is 9.98. The minimum atomic E-state index is -0.0105. The highest BCUT2D eigenvalue weighted by Gasteiger charge is 2.26. The molecule has 0 radical (unpaired) electrons. The van der Waals surface area contributed by atoms with Gasteiger partial charge in [-0.15, -0.1) is 0 Å². The third-order valence-electron chi connectivity index (χ3n) is 2.44. The van der Waals surface area contributed by atoms with E-state index in [4.69, 9.17) is 0 Å². The number of rotatable bonds is 2. The zero-order valence-corrected chi connectivity index (χ0v) is 8.16. The SMILES string of the molecule is CCNC(=O)C1=CC2C=CC=CC2N1. The molecule has 2 N–H and O–H groups in total. The summed E-state index contributed by atoms with van der Waals surface area (Å²) in [5, 5.41) is 5.97. The number of carbonyl (C=O) groups excluding carboxylic acids is 1. The van der Waals surface area contributed by atoms with Gasteiger partial charge >= 0.3 is 0 Å². The second-order valence-electron chi connectivity index (χ2n) is 3.46. The fourth-order valence-electron chi connectivity index (χ4n) is 1.75. The molecule has 3 heteroatoms. The van der Waals surface area contributed by atoms with Crippen LogP contribution in [0, 0.1) is 5.92 Å². The van der Waals surface area contributed by atoms with E-state index < -0.39 is 0 Å². The minimum Gasteiger partial charge on any atom is -0.374 e. The van der Waals surface area contributed by atoms with Crippen molar-refractivity contribution in [2.75, 3.05) is 6.54 Å². The van der Waals surface area contributed by atoms with Gasteiger partial charge in [-0.25, -0.2) is 0 Å². The standard InChI is InChI=1S/C11H14N2O/c1-2-12-11(14)10-7-8-5-3-4-6-9(8)13-10/h3-9,13H,2H2,1H3,(H,12,14). The predicted molar refractivity (Wildman–Crippen MR) is 55.5 cm³/mol. The van der Waals surface area contributed by atoms with Crippen molar-refractivity contribution in [1.82, 2.24) is 10.6 Å². The Labute approximate surface area is 83.6 Å². The first kappa shape index (κ1) is 9.06. The van der Waals surface area contributed by atoms with Crippen molar-refractivity contribution < 1.29 is 4.79 Å². The van der Waals surface area contributed by atoms with Gasteiger partial charge in [-0.05, 0) is 13.0 Å². The molecule has 3 nitrogen and oxygen atoms in total. The van der Waals surface area contributed by atoms with Crippen molar-refractivity contribution in [2.45, 2.75) is 13.0 Å². The van der Waals surface area contributed by atoms with Gasteiger partial charge in [0.1, 0.15) is 0 Å². The second kappa shape index (κ2) is 3.70. The van der Waals surface area contributed by atoms with Crippen molar-refractivity contribution >= 4 is 5.91 Å². The minimum absolute atomic E-state index is 0.0105. The van der Waals surface area contributed by atoms with Crippen LogP contribution >= 0.6 is 0 Å². The van der Waals surface area contributed by atoms with Gasteiger partial charge in [0.05, 0.1) is 11.7 Å². The van der Waals surface area contributed by atoms with Crippen LogP contribution in [0.15, 0.2) is 36.1 Å². The molecule has 2 unspecified atom stereocenters. The molecule has 74 valence electrons. The van der Waals surface area contributed by atoms with Crippen LogP contribution in [0.2, 0.25) is 0 Å². The van der Waals surface area contributed by atoms with Gasteiger partial charge in [0.2, 0.25) is 0 Å². The molecule has 0 aromatic rings. The fraction of sp³-hybridized carbons (Fsp3) is 0.364. The Morgan fingerprint density at radius 3 is 3.00 bits per heavy atom. The second-order valence-corrected chi connectivity index (χ2v) is 3.46. The molecular formula is C11H14N2O. The number of likely N-dealkylation sites (N-methyl/N-ethyl adjacent to an activating group) is 1. The van der Waals surface area contributed by atoms with Crippen LogP contribution in [0.4, 0.5) is 0 Å². The predicted octanol–water partition coefficient (Wildman–Crippen LogP) is 0.720. The van der Waals surface area contributed by atoms with E-state index in [1.807, 2.05) is 25.2 Å². The molecule has 0 spiro atoms. The molecule has 0 aromatic heterocycles. The van der Waals surface area contributed by atoms with Crippen LogP contribution in [-0.2, 0) is 4.79 Å². The third kappa shape index (κ3) is 1.58. The molecule has 1 amide bonds. The largest absolute Gasteiger partial charge is 0.374 e. The molecule has 2 rings (SSSR count). The third-order valence-corrected chi connectivity index (χ3v) is 2.44. The zero-order chi connectivity index (χ0) is 9.97. The summed E-state index contributed by atoms with van der Waals surface area (Å²) in [4.78, 5) is 11.5. The molecule has 2 atom stereocenters. The van der Waals surface area contributed by atoms with E-state index in [9.17, 15) is 4.79 Å². The van der Waals surface area contributed by atoms with Gasteiger partial charge < -0.3 is 10.6 Å². The topological polar surface area (TPSA) is 41.1 Å². The monoisotopic (exact) mass is 190 g/mol. The lowest BCUT2D eigenvalue weighted by Crippen LogP contribution is -2.33. The quantitative estimate of drug-likeness (QED) is 0.673. The van der Waals surface area contributed by atoms with E-state index in [1.165, 1.54) is 0 Å². The summed E-state index contributed by atoms with van der Waals surface area (Å²) in [5.41, 5.74) is 0.693. The van der Waals surface area contributed by atoms with Crippen molar-refractivity contribution in [3.05, 3.63) is 36.1 Å². The van der Waals surface area contributed by atoms with Crippen molar-refractivity contribution in [2.24, 2.45) is 5.92 Å². The Balaban J connectivity index is 2.07. The average molecular weight is 190 g/mol. The smallest absolute Gasteiger partial charge is 0.267 e. The zero-order valence-electron chi connectivity index (χ0n) is 8.16. The maximum absolute atomic E-state index is 11.5. The molecule has 0 saturated heterocycles. The molecule has 14 heavy (non-hydrogen) atoms. The van der Waals surface area contributed by atoms with Gasteiger partial charge in [-0.2, -0.15) is 0 Å². The van der Waals surface area contributed by atoms with Crippen molar-refractivity contribution in [3.8, 4) is 0 Å². The first-order valence-corrected chi connectivity index (χ1v) is 4.93. The summed E-state index contributed by atoms with van der Waals surface area (Å²) in [7, 11) is 0. The van der Waals surface area contributed by atoms with Gasteiger partial charge in [0.15, 0.2) is 0 Å². The molecule has 0 fully saturated rings. The molecule has 1 heterocycles. The number of fused-ring (bicyclic) bond motifs is 1. The number of hydrogen-bond acceptors (Lipinski definition) is 2. The molecule has 0 saturated carbocycles.